The van der Waals surface area contributed by atoms with Gasteiger partial charge in [0.25, 0.3) is 0 Å². The van der Waals surface area contributed by atoms with E-state index in [9.17, 15) is 19.2 Å². The molecule has 0 aliphatic carbocycles. The largest absolute Gasteiger partial charge is 0.494 e. The van der Waals surface area contributed by atoms with E-state index in [0.29, 0.717) is 31.8 Å². The SMILES string of the molecule is COC(=O)[C@H]1COCCCCOc2ccc(cc2)C[C@H](NC(=O)OC(C)(C)C)C(=O)N[C@@H](CC(C)C)C(=O)N1. The second kappa shape index (κ2) is 15.3. The predicted octanol–water partition coefficient (Wildman–Crippen LogP) is 2.50. The van der Waals surface area contributed by atoms with Crippen molar-refractivity contribution in [3.8, 4) is 5.75 Å². The van der Waals surface area contributed by atoms with Gasteiger partial charge in [0.2, 0.25) is 11.8 Å². The monoisotopic (exact) mass is 549 g/mol. The molecular weight excluding hydrogens is 506 g/mol. The molecule has 0 radical (unpaired) electrons. The van der Waals surface area contributed by atoms with Crippen molar-refractivity contribution in [2.45, 2.75) is 84.0 Å². The van der Waals surface area contributed by atoms with Crippen molar-refractivity contribution >= 4 is 23.9 Å². The fourth-order valence-corrected chi connectivity index (χ4v) is 3.87. The number of alkyl carbamates (subject to hydrolysis) is 1. The Morgan fingerprint density at radius 2 is 1.72 bits per heavy atom. The zero-order valence-electron chi connectivity index (χ0n) is 23.8. The normalized spacial score (nSPS) is 21.9. The minimum Gasteiger partial charge on any atom is -0.494 e. The van der Waals surface area contributed by atoms with Crippen LogP contribution in [0, 0.1) is 5.92 Å². The zero-order chi connectivity index (χ0) is 29.0. The smallest absolute Gasteiger partial charge is 0.408 e. The van der Waals surface area contributed by atoms with Crippen LogP contribution in [0.2, 0.25) is 0 Å². The van der Waals surface area contributed by atoms with E-state index in [2.05, 4.69) is 16.0 Å². The van der Waals surface area contributed by atoms with Gasteiger partial charge < -0.3 is 34.9 Å². The molecule has 3 amide bonds. The molecule has 218 valence electrons. The summed E-state index contributed by atoms with van der Waals surface area (Å²) >= 11 is 0. The van der Waals surface area contributed by atoms with E-state index >= 15 is 0 Å². The standard InChI is InChI=1S/C28H43N3O8/c1-18(2)15-21-24(32)30-23(26(34)36-6)17-37-13-7-8-14-38-20-11-9-19(10-12-20)16-22(25(33)29-21)31-27(35)39-28(3,4)5/h9-12,18,21-23H,7-8,13-17H2,1-6H3,(H,29,33)(H,30,32)(H,31,35)/t21-,22-,23+/m0/s1. The molecule has 1 aromatic carbocycles. The summed E-state index contributed by atoms with van der Waals surface area (Å²) in [4.78, 5) is 51.6. The average Bonchev–Trinajstić information content (AvgIpc) is 2.85. The molecule has 2 heterocycles. The van der Waals surface area contributed by atoms with E-state index in [0.717, 1.165) is 12.0 Å². The molecule has 0 aromatic heterocycles. The van der Waals surface area contributed by atoms with Gasteiger partial charge in [-0.2, -0.15) is 0 Å². The summed E-state index contributed by atoms with van der Waals surface area (Å²) < 4.78 is 21.6. The maximum absolute atomic E-state index is 13.5. The Kier molecular flexibility index (Phi) is 12.5. The Morgan fingerprint density at radius 1 is 1.05 bits per heavy atom. The highest BCUT2D eigenvalue weighted by molar-refractivity contribution is 5.93. The third kappa shape index (κ3) is 11.9. The maximum atomic E-state index is 13.5. The first-order valence-corrected chi connectivity index (χ1v) is 13.4. The van der Waals surface area contributed by atoms with Crippen LogP contribution in [-0.4, -0.2) is 74.5 Å². The molecule has 2 bridgehead atoms. The molecule has 11 heteroatoms. The molecule has 3 N–H and O–H groups in total. The third-order valence-electron chi connectivity index (χ3n) is 5.75. The lowest BCUT2D eigenvalue weighted by molar-refractivity contribution is -0.147. The quantitative estimate of drug-likeness (QED) is 0.384. The van der Waals surface area contributed by atoms with Crippen molar-refractivity contribution in [2.24, 2.45) is 5.92 Å². The van der Waals surface area contributed by atoms with Gasteiger partial charge in [-0.1, -0.05) is 26.0 Å². The summed E-state index contributed by atoms with van der Waals surface area (Å²) in [7, 11) is 1.23. The van der Waals surface area contributed by atoms with Gasteiger partial charge in [-0.05, 0) is 63.6 Å². The van der Waals surface area contributed by atoms with Crippen molar-refractivity contribution in [3.63, 3.8) is 0 Å². The molecule has 3 atom stereocenters. The lowest BCUT2D eigenvalue weighted by Crippen LogP contribution is -2.57. The molecule has 2 aliphatic heterocycles. The van der Waals surface area contributed by atoms with Gasteiger partial charge in [0.1, 0.15) is 23.4 Å². The fourth-order valence-electron chi connectivity index (χ4n) is 3.87. The number of carbonyl (C=O) groups excluding carboxylic acids is 4. The van der Waals surface area contributed by atoms with Gasteiger partial charge in [-0.25, -0.2) is 9.59 Å². The molecule has 2 aliphatic rings. The number of carbonyl (C=O) groups is 4. The highest BCUT2D eigenvalue weighted by atomic mass is 16.6. The molecular formula is C28H43N3O8. The summed E-state index contributed by atoms with van der Waals surface area (Å²) in [5.41, 5.74) is 0.0132. The number of hydrogen-bond donors (Lipinski definition) is 3. The van der Waals surface area contributed by atoms with Crippen LogP contribution in [0.1, 0.15) is 59.4 Å². The second-order valence-corrected chi connectivity index (χ2v) is 11.0. The number of nitrogens with one attached hydrogen (secondary N) is 3. The van der Waals surface area contributed by atoms with E-state index < -0.39 is 47.6 Å². The molecule has 3 rings (SSSR count). The topological polar surface area (TPSA) is 141 Å². The minimum absolute atomic E-state index is 0.0419. The Labute approximate surface area is 230 Å². The van der Waals surface area contributed by atoms with Crippen LogP contribution >= 0.6 is 0 Å². The van der Waals surface area contributed by atoms with E-state index in [-0.39, 0.29) is 18.9 Å². The molecule has 0 spiro atoms. The van der Waals surface area contributed by atoms with E-state index in [1.165, 1.54) is 7.11 Å². The van der Waals surface area contributed by atoms with Gasteiger partial charge in [-0.15, -0.1) is 0 Å². The molecule has 0 saturated carbocycles. The van der Waals surface area contributed by atoms with E-state index in [1.807, 2.05) is 26.0 Å². The van der Waals surface area contributed by atoms with Crippen LogP contribution in [0.15, 0.2) is 24.3 Å². The van der Waals surface area contributed by atoms with E-state index in [4.69, 9.17) is 18.9 Å². The van der Waals surface area contributed by atoms with Crippen molar-refractivity contribution in [1.82, 2.24) is 16.0 Å². The van der Waals surface area contributed by atoms with E-state index in [1.54, 1.807) is 32.9 Å². The highest BCUT2D eigenvalue weighted by Crippen LogP contribution is 2.16. The summed E-state index contributed by atoms with van der Waals surface area (Å²) in [6.07, 6.45) is 1.13. The van der Waals surface area contributed by atoms with Crippen molar-refractivity contribution in [1.29, 1.82) is 0 Å². The first kappa shape index (κ1) is 31.9. The van der Waals surface area contributed by atoms with Crippen LogP contribution in [-0.2, 0) is 35.0 Å². The van der Waals surface area contributed by atoms with Crippen molar-refractivity contribution in [2.75, 3.05) is 26.9 Å². The van der Waals surface area contributed by atoms with Crippen LogP contribution in [0.5, 0.6) is 5.75 Å². The maximum Gasteiger partial charge on any atom is 0.408 e. The van der Waals surface area contributed by atoms with Crippen LogP contribution in [0.3, 0.4) is 0 Å². The molecule has 0 unspecified atom stereocenters. The number of fused-ring (bicyclic) bond motifs is 16. The van der Waals surface area contributed by atoms with Crippen molar-refractivity contribution < 1.29 is 38.1 Å². The number of rotatable bonds is 4. The zero-order valence-corrected chi connectivity index (χ0v) is 23.8. The summed E-state index contributed by atoms with van der Waals surface area (Å²) in [5, 5.41) is 8.05. The molecule has 0 saturated heterocycles. The highest BCUT2D eigenvalue weighted by Gasteiger charge is 2.31. The lowest BCUT2D eigenvalue weighted by atomic mass is 10.0. The Hall–Kier alpha value is -3.34. The van der Waals surface area contributed by atoms with Crippen LogP contribution < -0.4 is 20.7 Å². The van der Waals surface area contributed by atoms with Crippen molar-refractivity contribution in [3.05, 3.63) is 29.8 Å². The molecule has 39 heavy (non-hydrogen) atoms. The lowest BCUT2D eigenvalue weighted by Gasteiger charge is -2.27. The number of hydrogen-bond acceptors (Lipinski definition) is 8. The summed E-state index contributed by atoms with van der Waals surface area (Å²) in [5.74, 6) is -1.05. The Balaban J connectivity index is 2.35. The molecule has 0 fully saturated rings. The van der Waals surface area contributed by atoms with Gasteiger partial charge >= 0.3 is 12.1 Å². The number of methoxy groups -OCH3 is 1. The summed E-state index contributed by atoms with van der Waals surface area (Å²) in [6.45, 7) is 9.76. The number of amides is 3. The second-order valence-electron chi connectivity index (χ2n) is 11.0. The number of ether oxygens (including phenoxy) is 4. The summed E-state index contributed by atoms with van der Waals surface area (Å²) in [6, 6.07) is 4.21. The Morgan fingerprint density at radius 3 is 2.33 bits per heavy atom. The first-order valence-electron chi connectivity index (χ1n) is 13.4. The molecule has 11 nitrogen and oxygen atoms in total. The molecule has 1 aromatic rings. The van der Waals surface area contributed by atoms with Gasteiger partial charge in [0.15, 0.2) is 6.04 Å². The predicted molar refractivity (Wildman–Crippen MR) is 144 cm³/mol. The average molecular weight is 550 g/mol. The fraction of sp³-hybridized carbons (Fsp3) is 0.643. The number of benzene rings is 1. The van der Waals surface area contributed by atoms with Crippen LogP contribution in [0.4, 0.5) is 4.79 Å². The van der Waals surface area contributed by atoms with Crippen LogP contribution in [0.25, 0.3) is 0 Å². The minimum atomic E-state index is -1.04. The van der Waals surface area contributed by atoms with Gasteiger partial charge in [0.05, 0.1) is 20.3 Å². The van der Waals surface area contributed by atoms with Gasteiger partial charge in [-0.3, -0.25) is 9.59 Å². The number of esters is 1. The Bertz CT molecular complexity index is 959. The first-order chi connectivity index (χ1) is 18.4. The third-order valence-corrected chi connectivity index (χ3v) is 5.75. The van der Waals surface area contributed by atoms with Gasteiger partial charge in [0, 0.05) is 13.0 Å².